The number of hydrogen-bond donors (Lipinski definition) is 2. The molecule has 7 nitrogen and oxygen atoms in total. The second-order valence-corrected chi connectivity index (χ2v) is 4.41. The second-order valence-electron chi connectivity index (χ2n) is 4.41. The van der Waals surface area contributed by atoms with Crippen molar-refractivity contribution in [2.75, 3.05) is 12.4 Å². The number of rotatable bonds is 4. The van der Waals surface area contributed by atoms with Gasteiger partial charge in [0.2, 0.25) is 5.91 Å². The Kier molecular flexibility index (Phi) is 3.93. The van der Waals surface area contributed by atoms with Crippen molar-refractivity contribution in [2.45, 2.75) is 6.92 Å². The molecule has 0 bridgehead atoms. The van der Waals surface area contributed by atoms with Gasteiger partial charge in [0.05, 0.1) is 18.5 Å². The van der Waals surface area contributed by atoms with Crippen molar-refractivity contribution in [3.05, 3.63) is 30.0 Å². The first-order valence-electron chi connectivity index (χ1n) is 6.16. The van der Waals surface area contributed by atoms with Gasteiger partial charge in [0, 0.05) is 19.5 Å². The highest BCUT2D eigenvalue weighted by Gasteiger charge is 2.18. The van der Waals surface area contributed by atoms with Crippen molar-refractivity contribution in [3.8, 4) is 17.0 Å². The Morgan fingerprint density at radius 3 is 2.62 bits per heavy atom. The number of aromatic nitrogens is 2. The lowest BCUT2D eigenvalue weighted by Gasteiger charge is -2.14. The normalized spacial score (nSPS) is 10.2. The molecule has 0 spiro atoms. The second kappa shape index (κ2) is 5.66. The van der Waals surface area contributed by atoms with E-state index in [9.17, 15) is 9.59 Å². The van der Waals surface area contributed by atoms with Gasteiger partial charge in [0.1, 0.15) is 5.75 Å². The van der Waals surface area contributed by atoms with Crippen LogP contribution in [0.4, 0.5) is 5.69 Å². The van der Waals surface area contributed by atoms with Gasteiger partial charge >= 0.3 is 5.97 Å². The largest absolute Gasteiger partial charge is 0.495 e. The molecule has 1 aromatic carbocycles. The molecule has 0 fully saturated rings. The molecule has 0 atom stereocenters. The molecule has 0 unspecified atom stereocenters. The predicted octanol–water partition coefficient (Wildman–Crippen LogP) is 1.75. The molecule has 0 radical (unpaired) electrons. The number of ether oxygens (including phenoxy) is 1. The summed E-state index contributed by atoms with van der Waals surface area (Å²) in [5.74, 6) is -0.872. The fourth-order valence-electron chi connectivity index (χ4n) is 2.04. The maximum Gasteiger partial charge on any atom is 0.356 e. The zero-order chi connectivity index (χ0) is 15.6. The third-order valence-corrected chi connectivity index (χ3v) is 2.92. The Morgan fingerprint density at radius 2 is 2.10 bits per heavy atom. The standard InChI is InChI=1S/C14H15N3O4/c1-8(18)15-13-9(5-4-6-12(13)21-3)11-7-10(14(19)20)16-17(11)2/h4-7H,1-3H3,(H,15,18)(H,19,20). The van der Waals surface area contributed by atoms with Crippen LogP contribution < -0.4 is 10.1 Å². The molecular formula is C14H15N3O4. The number of amides is 1. The average Bonchev–Trinajstić information content (AvgIpc) is 2.80. The lowest BCUT2D eigenvalue weighted by atomic mass is 10.1. The summed E-state index contributed by atoms with van der Waals surface area (Å²) in [5, 5.41) is 15.6. The molecule has 2 aromatic rings. The predicted molar refractivity (Wildman–Crippen MR) is 76.5 cm³/mol. The van der Waals surface area contributed by atoms with Crippen LogP contribution in [0.3, 0.4) is 0 Å². The summed E-state index contributed by atoms with van der Waals surface area (Å²) in [5.41, 5.74) is 1.61. The van der Waals surface area contributed by atoms with Gasteiger partial charge in [-0.2, -0.15) is 5.10 Å². The summed E-state index contributed by atoms with van der Waals surface area (Å²) in [6.45, 7) is 1.39. The van der Waals surface area contributed by atoms with Gasteiger partial charge in [0.25, 0.3) is 0 Å². The van der Waals surface area contributed by atoms with Gasteiger partial charge in [-0.25, -0.2) is 4.79 Å². The Hall–Kier alpha value is -2.83. The molecule has 0 saturated heterocycles. The number of benzene rings is 1. The third kappa shape index (κ3) is 2.86. The van der Waals surface area contributed by atoms with Gasteiger partial charge in [-0.15, -0.1) is 0 Å². The van der Waals surface area contributed by atoms with E-state index in [4.69, 9.17) is 9.84 Å². The summed E-state index contributed by atoms with van der Waals surface area (Å²) >= 11 is 0. The van der Waals surface area contributed by atoms with Crippen molar-refractivity contribution in [3.63, 3.8) is 0 Å². The lowest BCUT2D eigenvalue weighted by molar-refractivity contribution is -0.114. The van der Waals surface area contributed by atoms with E-state index in [1.807, 2.05) is 0 Å². The summed E-state index contributed by atoms with van der Waals surface area (Å²) in [6.07, 6.45) is 0. The number of nitrogens with one attached hydrogen (secondary N) is 1. The number of hydrogen-bond acceptors (Lipinski definition) is 4. The number of aryl methyl sites for hydroxylation is 1. The van der Waals surface area contributed by atoms with Crippen molar-refractivity contribution < 1.29 is 19.4 Å². The van der Waals surface area contributed by atoms with Crippen LogP contribution in [0.1, 0.15) is 17.4 Å². The van der Waals surface area contributed by atoms with Crippen molar-refractivity contribution >= 4 is 17.6 Å². The molecule has 7 heteroatoms. The van der Waals surface area contributed by atoms with Crippen LogP contribution in [-0.2, 0) is 11.8 Å². The Bertz CT molecular complexity index is 706. The molecule has 0 aliphatic carbocycles. The van der Waals surface area contributed by atoms with Gasteiger partial charge in [-0.3, -0.25) is 9.48 Å². The molecule has 1 aromatic heterocycles. The van der Waals surface area contributed by atoms with Gasteiger partial charge in [-0.1, -0.05) is 12.1 Å². The minimum atomic E-state index is -1.11. The first-order valence-corrected chi connectivity index (χ1v) is 6.16. The van der Waals surface area contributed by atoms with Crippen LogP contribution in [-0.4, -0.2) is 33.9 Å². The summed E-state index contributed by atoms with van der Waals surface area (Å²) in [7, 11) is 3.13. The van der Waals surface area contributed by atoms with Crippen LogP contribution in [0.5, 0.6) is 5.75 Å². The summed E-state index contributed by atoms with van der Waals surface area (Å²) in [4.78, 5) is 22.4. The van der Waals surface area contributed by atoms with Crippen LogP contribution in [0, 0.1) is 0 Å². The average molecular weight is 289 g/mol. The number of carbonyl (C=O) groups excluding carboxylic acids is 1. The topological polar surface area (TPSA) is 93.4 Å². The molecule has 1 amide bonds. The number of carboxylic acid groups (broad SMARTS) is 1. The number of nitrogens with zero attached hydrogens (tertiary/aromatic N) is 2. The van der Waals surface area contributed by atoms with E-state index in [1.54, 1.807) is 25.2 Å². The van der Waals surface area contributed by atoms with Crippen molar-refractivity contribution in [2.24, 2.45) is 7.05 Å². The highest BCUT2D eigenvalue weighted by atomic mass is 16.5. The van der Waals surface area contributed by atoms with Crippen molar-refractivity contribution in [1.82, 2.24) is 9.78 Å². The SMILES string of the molecule is COc1cccc(-c2cc(C(=O)O)nn2C)c1NC(C)=O. The van der Waals surface area contributed by atoms with Gasteiger partial charge in [0.15, 0.2) is 5.69 Å². The molecule has 110 valence electrons. The molecule has 0 saturated carbocycles. The summed E-state index contributed by atoms with van der Waals surface area (Å²) < 4.78 is 6.69. The Balaban J connectivity index is 2.62. The molecule has 0 aliphatic rings. The monoisotopic (exact) mass is 289 g/mol. The smallest absolute Gasteiger partial charge is 0.356 e. The first kappa shape index (κ1) is 14.6. The number of methoxy groups -OCH3 is 1. The number of anilines is 1. The highest BCUT2D eigenvalue weighted by molar-refractivity contribution is 5.97. The quantitative estimate of drug-likeness (QED) is 0.894. The van der Waals surface area contributed by atoms with Crippen molar-refractivity contribution in [1.29, 1.82) is 0 Å². The minimum Gasteiger partial charge on any atom is -0.495 e. The lowest BCUT2D eigenvalue weighted by Crippen LogP contribution is -2.09. The van der Waals surface area contributed by atoms with Gasteiger partial charge < -0.3 is 15.2 Å². The number of carboxylic acids is 1. The van der Waals surface area contributed by atoms with E-state index in [2.05, 4.69) is 10.4 Å². The van der Waals surface area contributed by atoms with E-state index in [1.165, 1.54) is 24.8 Å². The summed E-state index contributed by atoms with van der Waals surface area (Å²) in [6, 6.07) is 6.68. The van der Waals surface area contributed by atoms with E-state index in [0.29, 0.717) is 22.7 Å². The zero-order valence-electron chi connectivity index (χ0n) is 11.9. The maximum absolute atomic E-state index is 11.4. The molecular weight excluding hydrogens is 274 g/mol. The van der Waals surface area contributed by atoms with Crippen LogP contribution in [0.2, 0.25) is 0 Å². The third-order valence-electron chi connectivity index (χ3n) is 2.92. The first-order chi connectivity index (χ1) is 9.93. The number of aromatic carboxylic acids is 1. The molecule has 2 N–H and O–H groups in total. The Labute approximate surface area is 121 Å². The fourth-order valence-corrected chi connectivity index (χ4v) is 2.04. The zero-order valence-corrected chi connectivity index (χ0v) is 11.9. The number of carbonyl (C=O) groups is 2. The number of para-hydroxylation sites is 1. The van der Waals surface area contributed by atoms with E-state index in [0.717, 1.165) is 0 Å². The van der Waals surface area contributed by atoms with E-state index < -0.39 is 5.97 Å². The minimum absolute atomic E-state index is 0.0657. The molecule has 21 heavy (non-hydrogen) atoms. The molecule has 0 aliphatic heterocycles. The maximum atomic E-state index is 11.4. The van der Waals surface area contributed by atoms with Crippen LogP contribution in [0.25, 0.3) is 11.3 Å². The van der Waals surface area contributed by atoms with Crippen LogP contribution in [0.15, 0.2) is 24.3 Å². The van der Waals surface area contributed by atoms with Crippen LogP contribution >= 0.6 is 0 Å². The molecule has 1 heterocycles. The Morgan fingerprint density at radius 1 is 1.38 bits per heavy atom. The molecule has 2 rings (SSSR count). The van der Waals surface area contributed by atoms with E-state index in [-0.39, 0.29) is 11.6 Å². The highest BCUT2D eigenvalue weighted by Crippen LogP contribution is 2.35. The van der Waals surface area contributed by atoms with Gasteiger partial charge in [-0.05, 0) is 12.1 Å². The fraction of sp³-hybridized carbons (Fsp3) is 0.214. The van der Waals surface area contributed by atoms with E-state index >= 15 is 0 Å².